The molecule has 0 aliphatic carbocycles. The average Bonchev–Trinajstić information content (AvgIpc) is 2.39. The van der Waals surface area contributed by atoms with E-state index in [9.17, 15) is 18.0 Å². The number of allylic oxidation sites excluding steroid dienone is 1. The van der Waals surface area contributed by atoms with Crippen LogP contribution in [0.3, 0.4) is 0 Å². The van der Waals surface area contributed by atoms with E-state index in [0.29, 0.717) is 6.42 Å². The van der Waals surface area contributed by atoms with E-state index in [1.807, 2.05) is 6.92 Å². The van der Waals surface area contributed by atoms with Crippen LogP contribution in [0.5, 0.6) is 0 Å². The Bertz CT molecular complexity index is 559. The van der Waals surface area contributed by atoms with Crippen molar-refractivity contribution < 1.29 is 27.3 Å². The molecule has 23 heavy (non-hydrogen) atoms. The number of primary sulfonamides is 1. The van der Waals surface area contributed by atoms with Gasteiger partial charge in [0.2, 0.25) is 10.0 Å². The Hall–Kier alpha value is -1.39. The molecule has 0 bridgehead atoms. The van der Waals surface area contributed by atoms with E-state index in [1.54, 1.807) is 20.0 Å². The van der Waals surface area contributed by atoms with E-state index in [0.717, 1.165) is 6.42 Å². The van der Waals surface area contributed by atoms with Crippen molar-refractivity contribution in [1.82, 2.24) is 4.90 Å². The lowest BCUT2D eigenvalue weighted by atomic mass is 9.68. The summed E-state index contributed by atoms with van der Waals surface area (Å²) >= 11 is 0. The molecule has 1 unspecified atom stereocenters. The van der Waals surface area contributed by atoms with E-state index in [4.69, 9.17) is 14.4 Å². The van der Waals surface area contributed by atoms with E-state index < -0.39 is 33.7 Å². The molecule has 1 rings (SSSR count). The van der Waals surface area contributed by atoms with Crippen molar-refractivity contribution in [3.05, 3.63) is 12.2 Å². The van der Waals surface area contributed by atoms with Crippen molar-refractivity contribution in [2.75, 3.05) is 20.1 Å². The lowest BCUT2D eigenvalue weighted by Crippen LogP contribution is -2.59. The summed E-state index contributed by atoms with van der Waals surface area (Å²) in [5, 5.41) is 5.37. The quantitative estimate of drug-likeness (QED) is 0.525. The zero-order valence-corrected chi connectivity index (χ0v) is 14.5. The van der Waals surface area contributed by atoms with Gasteiger partial charge in [0, 0.05) is 0 Å². The summed E-state index contributed by atoms with van der Waals surface area (Å²) in [5.74, 6) is -1.37. The van der Waals surface area contributed by atoms with Gasteiger partial charge in [0.05, 0.1) is 13.1 Å². The van der Waals surface area contributed by atoms with Crippen LogP contribution < -0.4 is 5.14 Å². The van der Waals surface area contributed by atoms with E-state index in [1.165, 1.54) is 11.0 Å². The van der Waals surface area contributed by atoms with Crippen molar-refractivity contribution in [2.24, 2.45) is 5.14 Å². The predicted octanol–water partition coefficient (Wildman–Crippen LogP) is -0.161. The van der Waals surface area contributed by atoms with Gasteiger partial charge in [-0.3, -0.25) is 14.5 Å². The third-order valence-electron chi connectivity index (χ3n) is 3.61. The number of carbonyl (C=O) groups excluding carboxylic acids is 2. The number of hydrogen-bond acceptors (Lipinski definition) is 7. The Labute approximate surface area is 137 Å². The maximum atomic E-state index is 12.2. The summed E-state index contributed by atoms with van der Waals surface area (Å²) in [6.07, 6.45) is 4.42. The third-order valence-corrected chi connectivity index (χ3v) is 5.29. The molecule has 0 aromatic carbocycles. The van der Waals surface area contributed by atoms with Crippen LogP contribution in [-0.2, 0) is 28.9 Å². The van der Waals surface area contributed by atoms with Gasteiger partial charge in [-0.2, -0.15) is 0 Å². The van der Waals surface area contributed by atoms with Crippen molar-refractivity contribution in [3.63, 3.8) is 0 Å². The van der Waals surface area contributed by atoms with Gasteiger partial charge in [0.1, 0.15) is 0 Å². The second-order valence-corrected chi connectivity index (χ2v) is 7.38. The third kappa shape index (κ3) is 4.79. The van der Waals surface area contributed by atoms with Crippen molar-refractivity contribution >= 4 is 29.1 Å². The molecule has 8 nitrogen and oxygen atoms in total. The smallest absolute Gasteiger partial charge is 0.497 e. The van der Waals surface area contributed by atoms with E-state index in [2.05, 4.69) is 0 Å². The largest absolute Gasteiger partial charge is 0.626 e. The molecule has 1 aliphatic heterocycles. The summed E-state index contributed by atoms with van der Waals surface area (Å²) in [7, 11) is -4.25. The number of carbonyl (C=O) groups is 2. The summed E-state index contributed by atoms with van der Waals surface area (Å²) in [6.45, 7) is 3.22. The molecule has 10 heteroatoms. The molecule has 0 amide bonds. The molecule has 0 aromatic rings. The van der Waals surface area contributed by atoms with Crippen LogP contribution in [0.2, 0.25) is 0 Å². The maximum absolute atomic E-state index is 12.2. The fourth-order valence-electron chi connectivity index (χ4n) is 2.28. The Morgan fingerprint density at radius 3 is 2.17 bits per heavy atom. The first kappa shape index (κ1) is 19.7. The van der Waals surface area contributed by atoms with Gasteiger partial charge in [-0.25, -0.2) is 13.6 Å². The van der Waals surface area contributed by atoms with Crippen molar-refractivity contribution in [2.45, 2.75) is 37.8 Å². The van der Waals surface area contributed by atoms with Crippen LogP contribution in [0, 0.1) is 0 Å². The van der Waals surface area contributed by atoms with Crippen molar-refractivity contribution in [1.29, 1.82) is 0 Å². The Balaban J connectivity index is 3.27. The molecule has 0 radical (unpaired) electrons. The summed E-state index contributed by atoms with van der Waals surface area (Å²) in [5.41, 5.74) is 0. The lowest BCUT2D eigenvalue weighted by Gasteiger charge is -2.32. The summed E-state index contributed by atoms with van der Waals surface area (Å²) in [4.78, 5) is 25.2. The molecule has 1 fully saturated rings. The first-order valence-corrected chi connectivity index (χ1v) is 8.98. The van der Waals surface area contributed by atoms with Gasteiger partial charge in [0.15, 0.2) is 4.65 Å². The van der Waals surface area contributed by atoms with Crippen LogP contribution in [-0.4, -0.2) is 57.2 Å². The minimum absolute atomic E-state index is 0.00683. The molecule has 1 aliphatic rings. The van der Waals surface area contributed by atoms with Crippen LogP contribution in [0.1, 0.15) is 33.1 Å². The standard InChI is InChI=1S/C13H23BN2O6S/c1-4-6-7-8-13(5-2,23(15,19)20)14-21-11(17)9-16(3)10-12(18)22-14/h7-8H,4-6,9-10H2,1-3H3,(H2,15,19,20). The van der Waals surface area contributed by atoms with E-state index >= 15 is 0 Å². The van der Waals surface area contributed by atoms with Gasteiger partial charge in [0.25, 0.3) is 0 Å². The Morgan fingerprint density at radius 2 is 1.78 bits per heavy atom. The topological polar surface area (TPSA) is 116 Å². The van der Waals surface area contributed by atoms with Crippen molar-refractivity contribution in [3.8, 4) is 0 Å². The number of unbranched alkanes of at least 4 members (excludes halogenated alkanes) is 1. The minimum Gasteiger partial charge on any atom is -0.497 e. The maximum Gasteiger partial charge on any atom is 0.626 e. The average molecular weight is 346 g/mol. The normalized spacial score (nSPS) is 20.6. The number of nitrogens with zero attached hydrogens (tertiary/aromatic N) is 1. The second-order valence-electron chi connectivity index (χ2n) is 5.53. The van der Waals surface area contributed by atoms with Crippen LogP contribution in [0.4, 0.5) is 0 Å². The molecule has 2 N–H and O–H groups in total. The number of sulfonamides is 1. The number of likely N-dealkylation sites (N-methyl/N-ethyl adjacent to an activating group) is 1. The zero-order chi connectivity index (χ0) is 17.7. The first-order chi connectivity index (χ1) is 10.7. The molecule has 1 atom stereocenters. The van der Waals surface area contributed by atoms with Gasteiger partial charge >= 0.3 is 19.1 Å². The minimum atomic E-state index is -4.20. The monoisotopic (exact) mass is 346 g/mol. The van der Waals surface area contributed by atoms with Gasteiger partial charge in [-0.15, -0.1) is 0 Å². The summed E-state index contributed by atoms with van der Waals surface area (Å²) < 4.78 is 32.8. The highest BCUT2D eigenvalue weighted by Crippen LogP contribution is 2.28. The molecule has 130 valence electrons. The highest BCUT2D eigenvalue weighted by molar-refractivity contribution is 7.92. The number of hydrogen-bond donors (Lipinski definition) is 1. The highest BCUT2D eigenvalue weighted by Gasteiger charge is 2.57. The fourth-order valence-corrected chi connectivity index (χ4v) is 3.33. The molecule has 1 heterocycles. The predicted molar refractivity (Wildman–Crippen MR) is 85.6 cm³/mol. The van der Waals surface area contributed by atoms with E-state index in [-0.39, 0.29) is 19.5 Å². The number of nitrogens with two attached hydrogens (primary N) is 1. The van der Waals surface area contributed by atoms with Crippen LogP contribution >= 0.6 is 0 Å². The van der Waals surface area contributed by atoms with Gasteiger partial charge < -0.3 is 9.31 Å². The molecular formula is C13H23BN2O6S. The molecule has 0 saturated carbocycles. The summed E-state index contributed by atoms with van der Waals surface area (Å²) in [6, 6.07) is 0. The molecule has 0 aromatic heterocycles. The molecule has 1 saturated heterocycles. The SMILES string of the molecule is CCCC=CC(CC)(B1OC(=O)CN(C)CC(=O)O1)S(N)(=O)=O. The fraction of sp³-hybridized carbons (Fsp3) is 0.692. The van der Waals surface area contributed by atoms with Gasteiger partial charge in [-0.05, 0) is 19.9 Å². The first-order valence-electron chi connectivity index (χ1n) is 7.43. The lowest BCUT2D eigenvalue weighted by molar-refractivity contribution is -0.145. The van der Waals surface area contributed by atoms with Gasteiger partial charge in [-0.1, -0.05) is 32.4 Å². The van der Waals surface area contributed by atoms with Crippen LogP contribution in [0.15, 0.2) is 12.2 Å². The Kier molecular flexibility index (Phi) is 6.78. The molecule has 0 spiro atoms. The number of rotatable bonds is 6. The molecular weight excluding hydrogens is 323 g/mol. The Morgan fingerprint density at radius 1 is 1.26 bits per heavy atom. The zero-order valence-electron chi connectivity index (χ0n) is 13.6. The second kappa shape index (κ2) is 7.94. The van der Waals surface area contributed by atoms with Crippen LogP contribution in [0.25, 0.3) is 0 Å². The highest BCUT2D eigenvalue weighted by atomic mass is 32.2.